The molecule has 0 saturated heterocycles. The Bertz CT molecular complexity index is 670. The van der Waals surface area contributed by atoms with Crippen LogP contribution in [-0.4, -0.2) is 17.0 Å². The highest BCUT2D eigenvalue weighted by Gasteiger charge is 2.15. The lowest BCUT2D eigenvalue weighted by molar-refractivity contribution is -0.127. The third kappa shape index (κ3) is 5.54. The number of Topliss-reactive ketones (excluding diaryl/α,β-unsaturated/α-hetero) is 1. The summed E-state index contributed by atoms with van der Waals surface area (Å²) in [5.41, 5.74) is 5.13. The molecule has 0 saturated carbocycles. The zero-order valence-corrected chi connectivity index (χ0v) is 14.9. The molecule has 2 nitrogen and oxygen atoms in total. The average molecular weight is 336 g/mol. The van der Waals surface area contributed by atoms with Gasteiger partial charge in [0.15, 0.2) is 5.78 Å². The Kier molecular flexibility index (Phi) is 6.41. The van der Waals surface area contributed by atoms with Crippen molar-refractivity contribution < 1.29 is 9.90 Å². The van der Waals surface area contributed by atoms with Crippen LogP contribution >= 0.6 is 0 Å². The number of hydrogen-bond donors (Lipinski definition) is 1. The summed E-state index contributed by atoms with van der Waals surface area (Å²) in [5, 5.41) is 10.1. The number of aliphatic hydroxyl groups excluding tert-OH is 1. The summed E-state index contributed by atoms with van der Waals surface area (Å²) in [5.74, 6) is -0.0430. The van der Waals surface area contributed by atoms with E-state index >= 15 is 0 Å². The molecule has 2 aromatic carbocycles. The van der Waals surface area contributed by atoms with E-state index in [-0.39, 0.29) is 5.78 Å². The second-order valence-corrected chi connectivity index (χ2v) is 7.21. The van der Waals surface area contributed by atoms with E-state index in [1.807, 2.05) is 0 Å². The van der Waals surface area contributed by atoms with Crippen molar-refractivity contribution >= 4 is 5.78 Å². The fraction of sp³-hybridized carbons (Fsp3) is 0.435. The van der Waals surface area contributed by atoms with Crippen LogP contribution < -0.4 is 0 Å². The van der Waals surface area contributed by atoms with Crippen LogP contribution in [0.5, 0.6) is 0 Å². The van der Waals surface area contributed by atoms with Crippen molar-refractivity contribution in [2.75, 3.05) is 0 Å². The zero-order chi connectivity index (χ0) is 17.5. The smallest absolute Gasteiger partial charge is 0.161 e. The van der Waals surface area contributed by atoms with E-state index in [9.17, 15) is 9.90 Å². The number of rotatable bonds is 0. The van der Waals surface area contributed by atoms with E-state index in [0.717, 1.165) is 19.3 Å². The fourth-order valence-electron chi connectivity index (χ4n) is 3.48. The first-order chi connectivity index (χ1) is 12.2. The Morgan fingerprint density at radius 3 is 1.56 bits per heavy atom. The molecule has 0 unspecified atom stereocenters. The summed E-state index contributed by atoms with van der Waals surface area (Å²) in [7, 11) is 0. The SMILES string of the molecule is O=C1CCc2ccc(cc2)CCCCCc2ccc(cc2)CC[C@@H]1O. The molecule has 0 aliphatic heterocycles. The maximum atomic E-state index is 12.2. The molecule has 0 amide bonds. The standard InChI is InChI=1S/C23H28O2/c24-22-16-14-20-10-6-18(7-11-20)4-2-1-3-5-19-8-12-21(13-9-19)15-17-23(22)25/h6-13,22,24H,1-5,14-17H2/t22-/m0/s1. The number of carbonyl (C=O) groups is 1. The van der Waals surface area contributed by atoms with Crippen molar-refractivity contribution in [3.05, 3.63) is 70.8 Å². The maximum absolute atomic E-state index is 12.2. The van der Waals surface area contributed by atoms with Crippen molar-refractivity contribution in [3.63, 3.8) is 0 Å². The molecule has 6 rings (SSSR count). The maximum Gasteiger partial charge on any atom is 0.161 e. The largest absolute Gasteiger partial charge is 0.385 e. The first-order valence-electron chi connectivity index (χ1n) is 9.57. The number of hydrogen-bond acceptors (Lipinski definition) is 2. The molecule has 132 valence electrons. The first kappa shape index (κ1) is 17.9. The number of aryl methyl sites for hydroxylation is 4. The number of benzene rings is 2. The summed E-state index contributed by atoms with van der Waals surface area (Å²) in [6.07, 6.45) is 7.50. The minimum atomic E-state index is -0.846. The second kappa shape index (κ2) is 8.96. The Hall–Kier alpha value is -1.93. The molecule has 4 bridgehead atoms. The molecule has 2 heteroatoms. The normalized spacial score (nSPS) is 20.0. The van der Waals surface area contributed by atoms with Crippen LogP contribution in [0.15, 0.2) is 48.5 Å². The molecule has 2 aromatic rings. The van der Waals surface area contributed by atoms with Gasteiger partial charge in [-0.1, -0.05) is 55.0 Å². The van der Waals surface area contributed by atoms with E-state index in [1.165, 1.54) is 41.5 Å². The molecule has 4 aliphatic carbocycles. The van der Waals surface area contributed by atoms with Crippen LogP contribution in [-0.2, 0) is 30.5 Å². The van der Waals surface area contributed by atoms with Crippen molar-refractivity contribution in [2.24, 2.45) is 0 Å². The molecule has 1 N–H and O–H groups in total. The first-order valence-corrected chi connectivity index (χ1v) is 9.57. The second-order valence-electron chi connectivity index (χ2n) is 7.21. The van der Waals surface area contributed by atoms with Crippen LogP contribution in [0.3, 0.4) is 0 Å². The Labute approximate surface area is 150 Å². The quantitative estimate of drug-likeness (QED) is 0.772. The molecule has 0 aromatic heterocycles. The summed E-state index contributed by atoms with van der Waals surface area (Å²) in [6.45, 7) is 0. The third-order valence-corrected chi connectivity index (χ3v) is 5.22. The lowest BCUT2D eigenvalue weighted by Crippen LogP contribution is -2.21. The van der Waals surface area contributed by atoms with E-state index in [2.05, 4.69) is 48.5 Å². The van der Waals surface area contributed by atoms with Crippen LogP contribution in [0, 0.1) is 0 Å². The summed E-state index contributed by atoms with van der Waals surface area (Å²) < 4.78 is 0. The van der Waals surface area contributed by atoms with Crippen molar-refractivity contribution in [1.82, 2.24) is 0 Å². The van der Waals surface area contributed by atoms with Gasteiger partial charge < -0.3 is 5.11 Å². The Balaban J connectivity index is 1.68. The van der Waals surface area contributed by atoms with Gasteiger partial charge in [-0.15, -0.1) is 0 Å². The van der Waals surface area contributed by atoms with E-state index in [4.69, 9.17) is 0 Å². The third-order valence-electron chi connectivity index (χ3n) is 5.22. The van der Waals surface area contributed by atoms with Gasteiger partial charge >= 0.3 is 0 Å². The minimum Gasteiger partial charge on any atom is -0.385 e. The van der Waals surface area contributed by atoms with E-state index < -0.39 is 6.10 Å². The van der Waals surface area contributed by atoms with Gasteiger partial charge in [-0.25, -0.2) is 0 Å². The van der Waals surface area contributed by atoms with Gasteiger partial charge in [-0.05, 0) is 67.2 Å². The molecule has 1 atom stereocenters. The molecule has 0 heterocycles. The summed E-state index contributed by atoms with van der Waals surface area (Å²) >= 11 is 0. The van der Waals surface area contributed by atoms with Crippen LogP contribution in [0.2, 0.25) is 0 Å². The molecule has 0 spiro atoms. The number of aliphatic hydroxyl groups is 1. The van der Waals surface area contributed by atoms with E-state index in [0.29, 0.717) is 19.3 Å². The average Bonchev–Trinajstić information content (AvgIpc) is 2.65. The summed E-state index contributed by atoms with van der Waals surface area (Å²) in [6, 6.07) is 17.3. The highest BCUT2D eigenvalue weighted by atomic mass is 16.3. The fourth-order valence-corrected chi connectivity index (χ4v) is 3.48. The minimum absolute atomic E-state index is 0.0430. The van der Waals surface area contributed by atoms with E-state index in [1.54, 1.807) is 0 Å². The highest BCUT2D eigenvalue weighted by Crippen LogP contribution is 2.15. The van der Waals surface area contributed by atoms with Crippen LogP contribution in [0.4, 0.5) is 0 Å². The van der Waals surface area contributed by atoms with Gasteiger partial charge in [0.2, 0.25) is 0 Å². The molecule has 25 heavy (non-hydrogen) atoms. The molecular weight excluding hydrogens is 308 g/mol. The topological polar surface area (TPSA) is 37.3 Å². The molecule has 0 fully saturated rings. The Morgan fingerprint density at radius 1 is 0.600 bits per heavy atom. The van der Waals surface area contributed by atoms with Gasteiger partial charge in [0, 0.05) is 6.42 Å². The Morgan fingerprint density at radius 2 is 1.04 bits per heavy atom. The number of carbonyl (C=O) groups excluding carboxylic acids is 1. The van der Waals surface area contributed by atoms with Crippen molar-refractivity contribution in [3.8, 4) is 0 Å². The highest BCUT2D eigenvalue weighted by molar-refractivity contribution is 5.83. The van der Waals surface area contributed by atoms with Crippen LogP contribution in [0.25, 0.3) is 0 Å². The van der Waals surface area contributed by atoms with Gasteiger partial charge in [-0.3, -0.25) is 4.79 Å². The lowest BCUT2D eigenvalue weighted by atomic mass is 9.99. The monoisotopic (exact) mass is 336 g/mol. The van der Waals surface area contributed by atoms with Gasteiger partial charge in [-0.2, -0.15) is 0 Å². The van der Waals surface area contributed by atoms with Crippen molar-refractivity contribution in [1.29, 1.82) is 0 Å². The predicted octanol–water partition coefficient (Wildman–Crippen LogP) is 4.45. The van der Waals surface area contributed by atoms with Crippen LogP contribution in [0.1, 0.15) is 54.4 Å². The van der Waals surface area contributed by atoms with Gasteiger partial charge in [0.25, 0.3) is 0 Å². The summed E-state index contributed by atoms with van der Waals surface area (Å²) in [4.78, 5) is 12.2. The number of ketones is 1. The van der Waals surface area contributed by atoms with Crippen molar-refractivity contribution in [2.45, 2.75) is 63.9 Å². The van der Waals surface area contributed by atoms with Gasteiger partial charge in [0.1, 0.15) is 6.10 Å². The molecule has 0 radical (unpaired) electrons. The lowest BCUT2D eigenvalue weighted by Gasteiger charge is -2.10. The van der Waals surface area contributed by atoms with Gasteiger partial charge in [0.05, 0.1) is 0 Å². The zero-order valence-electron chi connectivity index (χ0n) is 14.9. The molecular formula is C23H28O2. The predicted molar refractivity (Wildman–Crippen MR) is 102 cm³/mol. The molecule has 4 aliphatic rings.